The van der Waals surface area contributed by atoms with Crippen molar-refractivity contribution in [3.63, 3.8) is 0 Å². The molecule has 0 spiro atoms. The number of nitrogens with one attached hydrogen (secondary N) is 1. The van der Waals surface area contributed by atoms with Gasteiger partial charge in [-0.2, -0.15) is 0 Å². The van der Waals surface area contributed by atoms with E-state index in [2.05, 4.69) is 34.4 Å². The number of benzene rings is 1. The highest BCUT2D eigenvalue weighted by Gasteiger charge is 2.26. The molecule has 1 aromatic carbocycles. The molecule has 0 radical (unpaired) electrons. The fourth-order valence-electron chi connectivity index (χ4n) is 3.06. The van der Waals surface area contributed by atoms with E-state index in [0.29, 0.717) is 0 Å². The van der Waals surface area contributed by atoms with Gasteiger partial charge in [0.2, 0.25) is 0 Å². The molecule has 0 amide bonds. The molecule has 0 aliphatic carbocycles. The number of ether oxygens (including phenoxy) is 1. The molecule has 3 heterocycles. The van der Waals surface area contributed by atoms with E-state index in [9.17, 15) is 0 Å². The summed E-state index contributed by atoms with van der Waals surface area (Å²) in [5.74, 6) is 1.91. The smallest absolute Gasteiger partial charge is 0.131 e. The Kier molecular flexibility index (Phi) is 2.97. The van der Waals surface area contributed by atoms with Crippen LogP contribution in [-0.2, 0) is 13.5 Å². The van der Waals surface area contributed by atoms with Crippen LogP contribution in [0.5, 0.6) is 5.75 Å². The maximum atomic E-state index is 5.30. The number of nitrogens with zero attached hydrogens (tertiary/aromatic N) is 2. The van der Waals surface area contributed by atoms with E-state index in [-0.39, 0.29) is 6.04 Å². The third kappa shape index (κ3) is 1.96. The fraction of sp³-hybridized carbons (Fsp3) is 0.312. The number of aromatic nitrogens is 2. The van der Waals surface area contributed by atoms with Gasteiger partial charge in [-0.05, 0) is 35.6 Å². The number of rotatable bonds is 2. The summed E-state index contributed by atoms with van der Waals surface area (Å²) >= 11 is 1.85. The zero-order chi connectivity index (χ0) is 14.4. The van der Waals surface area contributed by atoms with Crippen molar-refractivity contribution >= 4 is 22.4 Å². The van der Waals surface area contributed by atoms with Crippen molar-refractivity contribution in [2.45, 2.75) is 12.5 Å². The summed E-state index contributed by atoms with van der Waals surface area (Å²) in [7, 11) is 3.77. The van der Waals surface area contributed by atoms with Gasteiger partial charge in [-0.25, -0.2) is 4.98 Å². The first-order valence-corrected chi connectivity index (χ1v) is 7.96. The van der Waals surface area contributed by atoms with Gasteiger partial charge in [0.25, 0.3) is 0 Å². The number of methoxy groups -OCH3 is 1. The Morgan fingerprint density at radius 2 is 2.29 bits per heavy atom. The standard InChI is InChI=1S/C16H17N3OS/c1-19-13-4-3-10(20-2)9-12(13)18-16(19)15-11-6-8-21-14(11)5-7-17-15/h3-4,6,8-9,15,17H,5,7H2,1-2H3. The van der Waals surface area contributed by atoms with E-state index in [4.69, 9.17) is 9.72 Å². The third-order valence-electron chi connectivity index (χ3n) is 4.17. The van der Waals surface area contributed by atoms with Crippen molar-refractivity contribution < 1.29 is 4.74 Å². The quantitative estimate of drug-likeness (QED) is 0.791. The molecule has 4 rings (SSSR count). The lowest BCUT2D eigenvalue weighted by Crippen LogP contribution is -2.31. The van der Waals surface area contributed by atoms with Gasteiger partial charge in [0.1, 0.15) is 11.6 Å². The van der Waals surface area contributed by atoms with Crippen LogP contribution in [0.1, 0.15) is 22.3 Å². The van der Waals surface area contributed by atoms with Gasteiger partial charge >= 0.3 is 0 Å². The monoisotopic (exact) mass is 299 g/mol. The molecule has 4 nitrogen and oxygen atoms in total. The predicted molar refractivity (Wildman–Crippen MR) is 85.1 cm³/mol. The molecule has 0 saturated carbocycles. The average molecular weight is 299 g/mol. The Balaban J connectivity index is 1.86. The molecule has 21 heavy (non-hydrogen) atoms. The Morgan fingerprint density at radius 3 is 3.14 bits per heavy atom. The van der Waals surface area contributed by atoms with Crippen LogP contribution < -0.4 is 10.1 Å². The second kappa shape index (κ2) is 4.86. The van der Waals surface area contributed by atoms with Crippen LogP contribution >= 0.6 is 11.3 Å². The minimum Gasteiger partial charge on any atom is -0.497 e. The van der Waals surface area contributed by atoms with Gasteiger partial charge in [-0.15, -0.1) is 11.3 Å². The van der Waals surface area contributed by atoms with Gasteiger partial charge in [0.15, 0.2) is 0 Å². The number of hydrogen-bond acceptors (Lipinski definition) is 4. The van der Waals surface area contributed by atoms with Crippen LogP contribution in [0.2, 0.25) is 0 Å². The summed E-state index contributed by atoms with van der Waals surface area (Å²) in [5, 5.41) is 5.78. The lowest BCUT2D eigenvalue weighted by Gasteiger charge is -2.23. The number of hydrogen-bond donors (Lipinski definition) is 1. The van der Waals surface area contributed by atoms with Gasteiger partial charge in [-0.3, -0.25) is 0 Å². The van der Waals surface area contributed by atoms with E-state index >= 15 is 0 Å². The Labute approximate surface area is 127 Å². The van der Waals surface area contributed by atoms with Crippen molar-refractivity contribution in [3.05, 3.63) is 45.9 Å². The summed E-state index contributed by atoms with van der Waals surface area (Å²) in [5.41, 5.74) is 3.49. The maximum Gasteiger partial charge on any atom is 0.131 e. The molecule has 0 fully saturated rings. The summed E-state index contributed by atoms with van der Waals surface area (Å²) in [6.45, 7) is 1.00. The Bertz CT molecular complexity index is 805. The van der Waals surface area contributed by atoms with Crippen LogP contribution in [0.3, 0.4) is 0 Å². The first kappa shape index (κ1) is 12.9. The van der Waals surface area contributed by atoms with E-state index in [1.54, 1.807) is 7.11 Å². The molecule has 1 aliphatic heterocycles. The minimum absolute atomic E-state index is 0.184. The predicted octanol–water partition coefficient (Wildman–Crippen LogP) is 2.88. The van der Waals surface area contributed by atoms with Crippen LogP contribution in [0.15, 0.2) is 29.6 Å². The number of imidazole rings is 1. The van der Waals surface area contributed by atoms with Crippen LogP contribution in [-0.4, -0.2) is 23.2 Å². The molecule has 1 unspecified atom stereocenters. The topological polar surface area (TPSA) is 39.1 Å². The molecular formula is C16H17N3OS. The first-order chi connectivity index (χ1) is 10.3. The second-order valence-corrected chi connectivity index (χ2v) is 6.32. The summed E-state index contributed by atoms with van der Waals surface area (Å²) in [4.78, 5) is 6.32. The highest BCUT2D eigenvalue weighted by Crippen LogP contribution is 2.33. The van der Waals surface area contributed by atoms with Gasteiger partial charge in [-0.1, -0.05) is 0 Å². The molecule has 1 atom stereocenters. The van der Waals surface area contributed by atoms with Gasteiger partial charge in [0.05, 0.1) is 24.2 Å². The molecule has 0 saturated heterocycles. The molecule has 108 valence electrons. The lowest BCUT2D eigenvalue weighted by atomic mass is 10.0. The maximum absolute atomic E-state index is 5.30. The highest BCUT2D eigenvalue weighted by atomic mass is 32.1. The Hall–Kier alpha value is -1.85. The normalized spacial score (nSPS) is 17.9. The number of aryl methyl sites for hydroxylation is 1. The van der Waals surface area contributed by atoms with Crippen molar-refractivity contribution in [1.29, 1.82) is 0 Å². The number of thiophene rings is 1. The molecule has 0 bridgehead atoms. The second-order valence-electron chi connectivity index (χ2n) is 5.32. The Morgan fingerprint density at radius 1 is 1.38 bits per heavy atom. The molecule has 1 aliphatic rings. The molecular weight excluding hydrogens is 282 g/mol. The van der Waals surface area contributed by atoms with E-state index in [0.717, 1.165) is 35.6 Å². The highest BCUT2D eigenvalue weighted by molar-refractivity contribution is 7.10. The zero-order valence-electron chi connectivity index (χ0n) is 12.1. The van der Waals surface area contributed by atoms with Gasteiger partial charge < -0.3 is 14.6 Å². The average Bonchev–Trinajstić information content (AvgIpc) is 3.11. The largest absolute Gasteiger partial charge is 0.497 e. The SMILES string of the molecule is COc1ccc2c(c1)nc(C1NCCc3sccc31)n2C. The summed E-state index contributed by atoms with van der Waals surface area (Å²) in [6, 6.07) is 8.45. The van der Waals surface area contributed by atoms with Crippen molar-refractivity contribution in [2.24, 2.45) is 7.05 Å². The lowest BCUT2D eigenvalue weighted by molar-refractivity contribution is 0.415. The third-order valence-corrected chi connectivity index (χ3v) is 5.17. The number of fused-ring (bicyclic) bond motifs is 2. The van der Waals surface area contributed by atoms with Crippen molar-refractivity contribution in [1.82, 2.24) is 14.9 Å². The first-order valence-electron chi connectivity index (χ1n) is 7.08. The van der Waals surface area contributed by atoms with Crippen LogP contribution in [0.4, 0.5) is 0 Å². The van der Waals surface area contributed by atoms with E-state index < -0.39 is 0 Å². The molecule has 2 aromatic heterocycles. The molecule has 3 aromatic rings. The van der Waals surface area contributed by atoms with Crippen LogP contribution in [0.25, 0.3) is 11.0 Å². The summed E-state index contributed by atoms with van der Waals surface area (Å²) in [6.07, 6.45) is 1.11. The van der Waals surface area contributed by atoms with E-state index in [1.807, 2.05) is 23.5 Å². The zero-order valence-corrected chi connectivity index (χ0v) is 12.9. The van der Waals surface area contributed by atoms with Crippen molar-refractivity contribution in [2.75, 3.05) is 13.7 Å². The van der Waals surface area contributed by atoms with E-state index in [1.165, 1.54) is 10.4 Å². The fourth-order valence-corrected chi connectivity index (χ4v) is 3.99. The van der Waals surface area contributed by atoms with Crippen molar-refractivity contribution in [3.8, 4) is 5.75 Å². The summed E-state index contributed by atoms with van der Waals surface area (Å²) < 4.78 is 7.48. The molecule has 1 N–H and O–H groups in total. The minimum atomic E-state index is 0.184. The molecule has 5 heteroatoms. The van der Waals surface area contributed by atoms with Gasteiger partial charge in [0, 0.05) is 24.5 Å². The van der Waals surface area contributed by atoms with Crippen LogP contribution in [0, 0.1) is 0 Å².